The number of ether oxygens (including phenoxy) is 1. The fraction of sp³-hybridized carbons (Fsp3) is 0.412. The zero-order valence-corrected chi connectivity index (χ0v) is 24.1. The first-order valence-corrected chi connectivity index (χ1v) is 14.5. The highest BCUT2D eigenvalue weighted by atomic mass is 16.5. The van der Waals surface area contributed by atoms with Crippen LogP contribution in [-0.4, -0.2) is 41.2 Å². The molecule has 2 amide bonds. The number of para-hydroxylation sites is 1. The summed E-state index contributed by atoms with van der Waals surface area (Å²) >= 11 is 0. The Morgan fingerprint density at radius 1 is 0.825 bits per heavy atom. The number of hydrogen-bond donors (Lipinski definition) is 2. The van der Waals surface area contributed by atoms with Gasteiger partial charge in [0.2, 0.25) is 0 Å². The van der Waals surface area contributed by atoms with Gasteiger partial charge in [-0.3, -0.25) is 0 Å². The minimum absolute atomic E-state index is 0.0771. The number of carbonyl (C=O) groups excluding carboxylic acids is 1. The molecule has 0 saturated heterocycles. The lowest BCUT2D eigenvalue weighted by Gasteiger charge is -2.23. The van der Waals surface area contributed by atoms with Gasteiger partial charge in [0.15, 0.2) is 6.10 Å². The van der Waals surface area contributed by atoms with E-state index >= 15 is 0 Å². The predicted molar refractivity (Wildman–Crippen MR) is 162 cm³/mol. The van der Waals surface area contributed by atoms with E-state index in [9.17, 15) is 14.7 Å². The van der Waals surface area contributed by atoms with Gasteiger partial charge in [-0.25, -0.2) is 9.59 Å². The highest BCUT2D eigenvalue weighted by molar-refractivity contribution is 5.89. The van der Waals surface area contributed by atoms with Gasteiger partial charge in [0.1, 0.15) is 5.75 Å². The van der Waals surface area contributed by atoms with E-state index in [1.807, 2.05) is 59.5 Å². The molecule has 0 radical (unpaired) electrons. The second kappa shape index (κ2) is 16.3. The van der Waals surface area contributed by atoms with Crippen molar-refractivity contribution < 1.29 is 19.4 Å². The van der Waals surface area contributed by atoms with Gasteiger partial charge in [0.25, 0.3) is 0 Å². The van der Waals surface area contributed by atoms with Crippen molar-refractivity contribution >= 4 is 17.7 Å². The Morgan fingerprint density at radius 3 is 2.10 bits per heavy atom. The number of carboxylic acid groups (broad SMARTS) is 1. The molecule has 6 heteroatoms. The first-order valence-electron chi connectivity index (χ1n) is 14.5. The summed E-state index contributed by atoms with van der Waals surface area (Å²) in [5.41, 5.74) is 4.04. The van der Waals surface area contributed by atoms with Crippen LogP contribution in [-0.2, 0) is 17.6 Å². The molecule has 0 bridgehead atoms. The number of urea groups is 1. The third-order valence-corrected chi connectivity index (χ3v) is 7.06. The monoisotopic (exact) mass is 544 g/mol. The number of hydrogen-bond acceptors (Lipinski definition) is 3. The number of benzene rings is 3. The maximum absolute atomic E-state index is 13.2. The van der Waals surface area contributed by atoms with E-state index in [1.54, 1.807) is 12.1 Å². The topological polar surface area (TPSA) is 78.9 Å². The van der Waals surface area contributed by atoms with E-state index in [-0.39, 0.29) is 12.5 Å². The lowest BCUT2D eigenvalue weighted by atomic mass is 10.0. The van der Waals surface area contributed by atoms with Gasteiger partial charge < -0.3 is 20.1 Å². The summed E-state index contributed by atoms with van der Waals surface area (Å²) in [6.07, 6.45) is 5.73. The summed E-state index contributed by atoms with van der Waals surface area (Å²) in [7, 11) is 0. The fourth-order valence-corrected chi connectivity index (χ4v) is 4.54. The van der Waals surface area contributed by atoms with Crippen molar-refractivity contribution in [2.24, 2.45) is 0 Å². The number of aliphatic carboxylic acids is 1. The number of carbonyl (C=O) groups is 2. The van der Waals surface area contributed by atoms with Crippen LogP contribution in [0.25, 0.3) is 0 Å². The lowest BCUT2D eigenvalue weighted by molar-refractivity contribution is -0.145. The second-order valence-electron chi connectivity index (χ2n) is 10.6. The summed E-state index contributed by atoms with van der Waals surface area (Å²) in [5.74, 6) is -0.00928. The van der Waals surface area contributed by atoms with E-state index in [0.29, 0.717) is 18.2 Å². The van der Waals surface area contributed by atoms with Crippen molar-refractivity contribution in [1.29, 1.82) is 0 Å². The van der Waals surface area contributed by atoms with Crippen molar-refractivity contribution in [2.75, 3.05) is 18.4 Å². The molecule has 3 aromatic rings. The molecule has 0 saturated carbocycles. The van der Waals surface area contributed by atoms with Crippen molar-refractivity contribution in [3.05, 3.63) is 95.6 Å². The number of anilines is 1. The molecule has 0 aliphatic heterocycles. The number of unbranched alkanes of at least 4 members (excludes halogenated alkanes) is 4. The molecule has 1 atom stereocenters. The average molecular weight is 545 g/mol. The lowest BCUT2D eigenvalue weighted by Crippen LogP contribution is -2.37. The van der Waals surface area contributed by atoms with Gasteiger partial charge in [-0.05, 0) is 59.7 Å². The summed E-state index contributed by atoms with van der Waals surface area (Å²) < 4.78 is 5.69. The smallest absolute Gasteiger partial charge is 0.345 e. The second-order valence-corrected chi connectivity index (χ2v) is 10.6. The summed E-state index contributed by atoms with van der Waals surface area (Å²) in [4.78, 5) is 26.9. The maximum atomic E-state index is 13.2. The van der Waals surface area contributed by atoms with Gasteiger partial charge in [0.05, 0.1) is 0 Å². The van der Waals surface area contributed by atoms with E-state index in [2.05, 4.69) is 38.2 Å². The molecule has 6 nitrogen and oxygen atoms in total. The molecule has 2 N–H and O–H groups in total. The van der Waals surface area contributed by atoms with E-state index in [4.69, 9.17) is 4.74 Å². The number of rotatable bonds is 16. The zero-order valence-electron chi connectivity index (χ0n) is 24.1. The number of carboxylic acids is 1. The number of amides is 2. The first kappa shape index (κ1) is 30.7. The Hall–Kier alpha value is -3.80. The average Bonchev–Trinajstić information content (AvgIpc) is 2.95. The Balaban J connectivity index is 1.58. The highest BCUT2D eigenvalue weighted by Crippen LogP contribution is 2.19. The predicted octanol–water partition coefficient (Wildman–Crippen LogP) is 7.93. The van der Waals surface area contributed by atoms with Crippen molar-refractivity contribution in [3.63, 3.8) is 0 Å². The number of nitrogens with one attached hydrogen (secondary N) is 1. The van der Waals surface area contributed by atoms with Gasteiger partial charge in [-0.15, -0.1) is 0 Å². The zero-order chi connectivity index (χ0) is 28.7. The summed E-state index contributed by atoms with van der Waals surface area (Å²) in [6, 6.07) is 24.9. The third-order valence-electron chi connectivity index (χ3n) is 7.06. The Morgan fingerprint density at radius 2 is 1.48 bits per heavy atom. The first-order chi connectivity index (χ1) is 19.4. The molecule has 0 aliphatic rings. The van der Waals surface area contributed by atoms with Crippen molar-refractivity contribution in [1.82, 2.24) is 4.90 Å². The van der Waals surface area contributed by atoms with Crippen LogP contribution in [0.15, 0.2) is 78.9 Å². The molecule has 214 valence electrons. The summed E-state index contributed by atoms with van der Waals surface area (Å²) in [6.45, 7) is 7.84. The third kappa shape index (κ3) is 10.4. The van der Waals surface area contributed by atoms with Crippen LogP contribution < -0.4 is 10.1 Å². The van der Waals surface area contributed by atoms with Gasteiger partial charge in [0, 0.05) is 25.2 Å². The van der Waals surface area contributed by atoms with Crippen LogP contribution in [0.1, 0.15) is 75.5 Å². The molecule has 0 fully saturated rings. The maximum Gasteiger partial charge on any atom is 0.345 e. The van der Waals surface area contributed by atoms with Gasteiger partial charge in [-0.1, -0.05) is 101 Å². The van der Waals surface area contributed by atoms with E-state index in [0.717, 1.165) is 42.6 Å². The largest absolute Gasteiger partial charge is 0.478 e. The SMILES string of the molecule is CCCCCCCN(CCc1ccc(C[C@@H](Oc2ccccc2)C(=O)O)cc1)C(=O)Nc1ccc(C(C)C)cc1. The van der Waals surface area contributed by atoms with Crippen LogP contribution in [0.5, 0.6) is 5.75 Å². The molecule has 0 unspecified atom stereocenters. The molecule has 0 aromatic heterocycles. The molecule has 0 heterocycles. The van der Waals surface area contributed by atoms with Crippen LogP contribution in [0.2, 0.25) is 0 Å². The molecule has 40 heavy (non-hydrogen) atoms. The van der Waals surface area contributed by atoms with Crippen LogP contribution in [0, 0.1) is 0 Å². The fourth-order valence-electron chi connectivity index (χ4n) is 4.54. The molecular weight excluding hydrogens is 500 g/mol. The van der Waals surface area contributed by atoms with Crippen LogP contribution in [0.4, 0.5) is 10.5 Å². The highest BCUT2D eigenvalue weighted by Gasteiger charge is 2.20. The Bertz CT molecular complexity index is 1160. The van der Waals surface area contributed by atoms with Gasteiger partial charge >= 0.3 is 12.0 Å². The molecule has 0 aliphatic carbocycles. The van der Waals surface area contributed by atoms with Crippen molar-refractivity contribution in [2.45, 2.75) is 77.7 Å². The molecule has 3 aromatic carbocycles. The van der Waals surface area contributed by atoms with E-state index in [1.165, 1.54) is 24.8 Å². The van der Waals surface area contributed by atoms with Crippen LogP contribution >= 0.6 is 0 Å². The Kier molecular flexibility index (Phi) is 12.6. The van der Waals surface area contributed by atoms with Crippen molar-refractivity contribution in [3.8, 4) is 5.75 Å². The van der Waals surface area contributed by atoms with E-state index < -0.39 is 12.1 Å². The van der Waals surface area contributed by atoms with Gasteiger partial charge in [-0.2, -0.15) is 0 Å². The summed E-state index contributed by atoms with van der Waals surface area (Å²) in [5, 5.41) is 12.7. The standard InChI is InChI=1S/C34H44N2O4/c1-4-5-6-7-11-23-36(34(39)35-30-20-18-29(19-21-30)26(2)3)24-22-27-14-16-28(17-15-27)25-32(33(37)38)40-31-12-9-8-10-13-31/h8-10,12-21,26,32H,4-7,11,22-25H2,1-3H3,(H,35,39)(H,37,38)/t32-/m1/s1. The molecular formula is C34H44N2O4. The minimum Gasteiger partial charge on any atom is -0.478 e. The molecule has 0 spiro atoms. The quantitative estimate of drug-likeness (QED) is 0.180. The molecule has 3 rings (SSSR count). The normalized spacial score (nSPS) is 11.7. The number of nitrogens with zero attached hydrogens (tertiary/aromatic N) is 1. The minimum atomic E-state index is -0.993. The Labute approximate surface area is 239 Å². The van der Waals surface area contributed by atoms with Crippen LogP contribution in [0.3, 0.4) is 0 Å².